The molecule has 76 valence electrons. The van der Waals surface area contributed by atoms with Gasteiger partial charge in [-0.2, -0.15) is 0 Å². The van der Waals surface area contributed by atoms with E-state index in [9.17, 15) is 13.6 Å². The van der Waals surface area contributed by atoms with Crippen molar-refractivity contribution in [2.45, 2.75) is 0 Å². The lowest BCUT2D eigenvalue weighted by Gasteiger charge is -2.02. The molecular formula is C11H7F2NO. The predicted molar refractivity (Wildman–Crippen MR) is 52.4 cm³/mol. The van der Waals surface area contributed by atoms with Gasteiger partial charge in [-0.3, -0.25) is 4.79 Å². The van der Waals surface area contributed by atoms with Gasteiger partial charge in [0.1, 0.15) is 0 Å². The van der Waals surface area contributed by atoms with Gasteiger partial charge in [0, 0.05) is 11.6 Å². The van der Waals surface area contributed by atoms with E-state index in [1.807, 2.05) is 0 Å². The summed E-state index contributed by atoms with van der Waals surface area (Å²) in [6, 6.07) is 8.13. The minimum atomic E-state index is -0.959. The zero-order valence-electron chi connectivity index (χ0n) is 7.63. The molecule has 0 unspecified atom stereocenters. The van der Waals surface area contributed by atoms with Crippen molar-refractivity contribution in [2.75, 3.05) is 0 Å². The highest BCUT2D eigenvalue weighted by molar-refractivity contribution is 5.59. The number of hydrogen-bond acceptors (Lipinski definition) is 1. The Kier molecular flexibility index (Phi) is 2.33. The first-order chi connectivity index (χ1) is 7.18. The second-order valence-electron chi connectivity index (χ2n) is 3.03. The van der Waals surface area contributed by atoms with Crippen LogP contribution in [-0.2, 0) is 0 Å². The van der Waals surface area contributed by atoms with Gasteiger partial charge in [0.05, 0.1) is 5.69 Å². The molecule has 0 aliphatic carbocycles. The molecule has 0 fully saturated rings. The summed E-state index contributed by atoms with van der Waals surface area (Å²) in [6.07, 6.45) is 0. The van der Waals surface area contributed by atoms with Crippen LogP contribution >= 0.6 is 0 Å². The molecule has 0 spiro atoms. The Bertz CT molecular complexity index is 548. The molecule has 1 aromatic heterocycles. The van der Waals surface area contributed by atoms with E-state index in [0.29, 0.717) is 0 Å². The molecule has 0 saturated heterocycles. The zero-order valence-corrected chi connectivity index (χ0v) is 7.63. The number of pyridine rings is 1. The van der Waals surface area contributed by atoms with Gasteiger partial charge in [0.2, 0.25) is 5.56 Å². The molecule has 0 amide bonds. The molecule has 1 heterocycles. The first-order valence-corrected chi connectivity index (χ1v) is 4.32. The maximum Gasteiger partial charge on any atom is 0.248 e. The lowest BCUT2D eigenvalue weighted by molar-refractivity contribution is 0.511. The maximum absolute atomic E-state index is 13.3. The Morgan fingerprint density at radius 1 is 1.00 bits per heavy atom. The standard InChI is InChI=1S/C11H7F2NO/c12-8-4-1-3-7(11(8)13)9-5-2-6-10(15)14-9/h1-6H,(H,14,15). The van der Waals surface area contributed by atoms with Crippen LogP contribution < -0.4 is 5.56 Å². The second-order valence-corrected chi connectivity index (χ2v) is 3.03. The molecule has 0 bridgehead atoms. The molecule has 0 aliphatic rings. The summed E-state index contributed by atoms with van der Waals surface area (Å²) < 4.78 is 26.2. The van der Waals surface area contributed by atoms with Gasteiger partial charge >= 0.3 is 0 Å². The highest BCUT2D eigenvalue weighted by Gasteiger charge is 2.09. The zero-order chi connectivity index (χ0) is 10.8. The largest absolute Gasteiger partial charge is 0.322 e. The van der Waals surface area contributed by atoms with E-state index in [2.05, 4.69) is 4.98 Å². The summed E-state index contributed by atoms with van der Waals surface area (Å²) in [7, 11) is 0. The van der Waals surface area contributed by atoms with Gasteiger partial charge in [0.25, 0.3) is 0 Å². The lowest BCUT2D eigenvalue weighted by atomic mass is 10.1. The highest BCUT2D eigenvalue weighted by atomic mass is 19.2. The van der Waals surface area contributed by atoms with Crippen LogP contribution in [0.3, 0.4) is 0 Å². The molecule has 1 N–H and O–H groups in total. The molecule has 2 nitrogen and oxygen atoms in total. The molecule has 0 aliphatic heterocycles. The van der Waals surface area contributed by atoms with E-state index in [0.717, 1.165) is 6.07 Å². The highest BCUT2D eigenvalue weighted by Crippen LogP contribution is 2.21. The summed E-state index contributed by atoms with van der Waals surface area (Å²) in [5.41, 5.74) is -0.0386. The van der Waals surface area contributed by atoms with Gasteiger partial charge < -0.3 is 4.98 Å². The molecule has 0 atom stereocenters. The topological polar surface area (TPSA) is 32.9 Å². The molecule has 0 saturated carbocycles. The first kappa shape index (κ1) is 9.58. The third-order valence-electron chi connectivity index (χ3n) is 2.01. The third-order valence-corrected chi connectivity index (χ3v) is 2.01. The summed E-state index contributed by atoms with van der Waals surface area (Å²) in [5.74, 6) is -1.89. The number of nitrogens with one attached hydrogen (secondary N) is 1. The van der Waals surface area contributed by atoms with Gasteiger partial charge in [0.15, 0.2) is 11.6 Å². The van der Waals surface area contributed by atoms with Crippen LogP contribution in [0.4, 0.5) is 8.78 Å². The molecule has 1 aromatic carbocycles. The van der Waals surface area contributed by atoms with E-state index in [4.69, 9.17) is 0 Å². The van der Waals surface area contributed by atoms with E-state index in [1.165, 1.54) is 30.3 Å². The number of aromatic nitrogens is 1. The Morgan fingerprint density at radius 2 is 1.73 bits per heavy atom. The summed E-state index contributed by atoms with van der Waals surface area (Å²) in [5, 5.41) is 0. The van der Waals surface area contributed by atoms with Gasteiger partial charge in [-0.05, 0) is 18.2 Å². The number of H-pyrrole nitrogens is 1. The van der Waals surface area contributed by atoms with Gasteiger partial charge in [-0.15, -0.1) is 0 Å². The Labute approximate surface area is 84.2 Å². The van der Waals surface area contributed by atoms with Crippen molar-refractivity contribution in [3.63, 3.8) is 0 Å². The number of halogens is 2. The predicted octanol–water partition coefficient (Wildman–Crippen LogP) is 2.32. The molecule has 0 radical (unpaired) electrons. The summed E-state index contributed by atoms with van der Waals surface area (Å²) in [6.45, 7) is 0. The van der Waals surface area contributed by atoms with Crippen LogP contribution in [0.1, 0.15) is 0 Å². The van der Waals surface area contributed by atoms with Crippen LogP contribution in [0.2, 0.25) is 0 Å². The average molecular weight is 207 g/mol. The van der Waals surface area contributed by atoms with Gasteiger partial charge in [-0.1, -0.05) is 12.1 Å². The summed E-state index contributed by atoms with van der Waals surface area (Å²) in [4.78, 5) is 13.4. The minimum Gasteiger partial charge on any atom is -0.322 e. The van der Waals surface area contributed by atoms with Crippen molar-refractivity contribution in [3.8, 4) is 11.3 Å². The van der Waals surface area contributed by atoms with Crippen molar-refractivity contribution >= 4 is 0 Å². The van der Waals surface area contributed by atoms with Crippen molar-refractivity contribution in [1.82, 2.24) is 4.98 Å². The number of hydrogen-bond donors (Lipinski definition) is 1. The normalized spacial score (nSPS) is 10.3. The van der Waals surface area contributed by atoms with Crippen molar-refractivity contribution < 1.29 is 8.78 Å². The van der Waals surface area contributed by atoms with Crippen LogP contribution in [-0.4, -0.2) is 4.98 Å². The number of aromatic amines is 1. The fraction of sp³-hybridized carbons (Fsp3) is 0. The molecule has 2 aromatic rings. The van der Waals surface area contributed by atoms with Crippen molar-refractivity contribution in [1.29, 1.82) is 0 Å². The van der Waals surface area contributed by atoms with Gasteiger partial charge in [-0.25, -0.2) is 8.78 Å². The van der Waals surface area contributed by atoms with Crippen LogP contribution in [0.25, 0.3) is 11.3 Å². The van der Waals surface area contributed by atoms with Crippen LogP contribution in [0, 0.1) is 11.6 Å². The van der Waals surface area contributed by atoms with E-state index in [-0.39, 0.29) is 16.8 Å². The monoisotopic (exact) mass is 207 g/mol. The maximum atomic E-state index is 13.3. The van der Waals surface area contributed by atoms with Crippen molar-refractivity contribution in [2.24, 2.45) is 0 Å². The quantitative estimate of drug-likeness (QED) is 0.764. The Morgan fingerprint density at radius 3 is 2.47 bits per heavy atom. The van der Waals surface area contributed by atoms with E-state index in [1.54, 1.807) is 0 Å². The average Bonchev–Trinajstić information content (AvgIpc) is 2.22. The number of rotatable bonds is 1. The van der Waals surface area contributed by atoms with Crippen LogP contribution in [0.5, 0.6) is 0 Å². The molecule has 15 heavy (non-hydrogen) atoms. The molecule has 4 heteroatoms. The third kappa shape index (κ3) is 1.79. The second kappa shape index (κ2) is 3.65. The number of benzene rings is 1. The van der Waals surface area contributed by atoms with E-state index < -0.39 is 11.6 Å². The SMILES string of the molecule is O=c1cccc(-c2cccc(F)c2F)[nH]1. The summed E-state index contributed by atoms with van der Waals surface area (Å²) >= 11 is 0. The lowest BCUT2D eigenvalue weighted by Crippen LogP contribution is -2.04. The molecule has 2 rings (SSSR count). The minimum absolute atomic E-state index is 0.0488. The van der Waals surface area contributed by atoms with Crippen molar-refractivity contribution in [3.05, 3.63) is 58.4 Å². The fourth-order valence-electron chi connectivity index (χ4n) is 1.32. The molecular weight excluding hydrogens is 200 g/mol. The Balaban J connectivity index is 2.64. The smallest absolute Gasteiger partial charge is 0.248 e. The first-order valence-electron chi connectivity index (χ1n) is 4.32. The van der Waals surface area contributed by atoms with Crippen LogP contribution in [0.15, 0.2) is 41.2 Å². The fourth-order valence-corrected chi connectivity index (χ4v) is 1.32. The van der Waals surface area contributed by atoms with E-state index >= 15 is 0 Å². The Hall–Kier alpha value is -1.97.